The first-order chi connectivity index (χ1) is 13.6. The molecule has 0 saturated carbocycles. The van der Waals surface area contributed by atoms with E-state index in [1.165, 1.54) is 0 Å². The third-order valence-electron chi connectivity index (χ3n) is 4.61. The number of anilines is 1. The fraction of sp³-hybridized carbons (Fsp3) is 0.333. The predicted octanol–water partition coefficient (Wildman–Crippen LogP) is 3.19. The molecule has 1 aliphatic heterocycles. The fourth-order valence-electron chi connectivity index (χ4n) is 3.22. The van der Waals surface area contributed by atoms with Crippen LogP contribution in [0.3, 0.4) is 0 Å². The average Bonchev–Trinajstić information content (AvgIpc) is 3.16. The van der Waals surface area contributed by atoms with E-state index in [-0.39, 0.29) is 18.6 Å². The van der Waals surface area contributed by atoms with Gasteiger partial charge in [0.15, 0.2) is 6.61 Å². The Morgan fingerprint density at radius 3 is 2.82 bits per heavy atom. The number of hydrogen-bond donors (Lipinski definition) is 1. The molecule has 28 heavy (non-hydrogen) atoms. The number of carbonyl (C=O) groups is 1. The van der Waals surface area contributed by atoms with E-state index in [1.54, 1.807) is 25.3 Å². The van der Waals surface area contributed by atoms with Gasteiger partial charge in [-0.1, -0.05) is 23.7 Å². The Balaban J connectivity index is 1.49. The van der Waals surface area contributed by atoms with E-state index >= 15 is 0 Å². The lowest BCUT2D eigenvalue weighted by molar-refractivity contribution is -0.123. The Morgan fingerprint density at radius 2 is 2.11 bits per heavy atom. The Morgan fingerprint density at radius 1 is 1.32 bits per heavy atom. The molecule has 1 saturated heterocycles. The van der Waals surface area contributed by atoms with Crippen molar-refractivity contribution in [2.75, 3.05) is 31.7 Å². The van der Waals surface area contributed by atoms with Gasteiger partial charge in [0.2, 0.25) is 0 Å². The lowest BCUT2D eigenvalue weighted by atomic mass is 10.2. The van der Waals surface area contributed by atoms with E-state index in [0.717, 1.165) is 30.0 Å². The van der Waals surface area contributed by atoms with Gasteiger partial charge in [0, 0.05) is 24.2 Å². The molecule has 1 N–H and O–H groups in total. The first-order valence-electron chi connectivity index (χ1n) is 9.05. The molecular weight excluding hydrogens is 378 g/mol. The fourth-order valence-corrected chi connectivity index (χ4v) is 3.39. The maximum atomic E-state index is 12.2. The van der Waals surface area contributed by atoms with Crippen LogP contribution in [-0.2, 0) is 11.2 Å². The van der Waals surface area contributed by atoms with E-state index in [9.17, 15) is 4.79 Å². The molecule has 2 aromatic carbocycles. The zero-order valence-corrected chi connectivity index (χ0v) is 16.4. The number of nitriles is 1. The van der Waals surface area contributed by atoms with Crippen molar-refractivity contribution in [1.29, 1.82) is 5.26 Å². The highest BCUT2D eigenvalue weighted by Gasteiger charge is 2.26. The van der Waals surface area contributed by atoms with Crippen LogP contribution in [0.5, 0.6) is 11.5 Å². The first-order valence-corrected chi connectivity index (χ1v) is 9.43. The Bertz CT molecular complexity index is 864. The third kappa shape index (κ3) is 5.08. The van der Waals surface area contributed by atoms with Crippen molar-refractivity contribution in [3.8, 4) is 17.6 Å². The highest BCUT2D eigenvalue weighted by Crippen LogP contribution is 2.33. The van der Waals surface area contributed by atoms with Gasteiger partial charge in [-0.3, -0.25) is 4.79 Å². The SMILES string of the molecule is COc1ccc(Cl)cc1N1CCC(NC(=O)COc2ccc(CC#N)cc2)C1. The van der Waals surface area contributed by atoms with Crippen LogP contribution in [0, 0.1) is 11.3 Å². The summed E-state index contributed by atoms with van der Waals surface area (Å²) in [4.78, 5) is 14.4. The molecular formula is C21H22ClN3O3. The van der Waals surface area contributed by atoms with Crippen molar-refractivity contribution >= 4 is 23.2 Å². The van der Waals surface area contributed by atoms with Crippen LogP contribution in [0.25, 0.3) is 0 Å². The Labute approximate surface area is 169 Å². The molecule has 6 nitrogen and oxygen atoms in total. The lowest BCUT2D eigenvalue weighted by Crippen LogP contribution is -2.39. The van der Waals surface area contributed by atoms with Crippen molar-refractivity contribution in [3.05, 3.63) is 53.1 Å². The van der Waals surface area contributed by atoms with E-state index in [4.69, 9.17) is 26.3 Å². The van der Waals surface area contributed by atoms with E-state index in [2.05, 4.69) is 16.3 Å². The molecule has 146 valence electrons. The summed E-state index contributed by atoms with van der Waals surface area (Å²) in [5.41, 5.74) is 1.85. The van der Waals surface area contributed by atoms with Gasteiger partial charge in [-0.25, -0.2) is 0 Å². The van der Waals surface area contributed by atoms with Crippen LogP contribution in [0.1, 0.15) is 12.0 Å². The van der Waals surface area contributed by atoms with Gasteiger partial charge < -0.3 is 19.7 Å². The summed E-state index contributed by atoms with van der Waals surface area (Å²) in [5.74, 6) is 1.21. The zero-order valence-electron chi connectivity index (χ0n) is 15.7. The minimum atomic E-state index is -0.161. The van der Waals surface area contributed by atoms with Gasteiger partial charge in [-0.05, 0) is 42.3 Å². The number of benzene rings is 2. The summed E-state index contributed by atoms with van der Waals surface area (Å²) in [6, 6.07) is 14.8. The number of carbonyl (C=O) groups excluding carboxylic acids is 1. The summed E-state index contributed by atoms with van der Waals surface area (Å²) in [6.07, 6.45) is 1.20. The molecule has 1 amide bonds. The van der Waals surface area contributed by atoms with Crippen LogP contribution >= 0.6 is 11.6 Å². The van der Waals surface area contributed by atoms with Crippen LogP contribution in [0.4, 0.5) is 5.69 Å². The summed E-state index contributed by atoms with van der Waals surface area (Å²) >= 11 is 6.12. The van der Waals surface area contributed by atoms with Gasteiger partial charge in [0.25, 0.3) is 5.91 Å². The summed E-state index contributed by atoms with van der Waals surface area (Å²) < 4.78 is 10.9. The molecule has 3 rings (SSSR count). The molecule has 0 aromatic heterocycles. The minimum absolute atomic E-state index is 0.0396. The molecule has 1 fully saturated rings. The van der Waals surface area contributed by atoms with E-state index < -0.39 is 0 Å². The van der Waals surface area contributed by atoms with Crippen molar-refractivity contribution in [3.63, 3.8) is 0 Å². The quantitative estimate of drug-likeness (QED) is 0.773. The molecule has 0 bridgehead atoms. The third-order valence-corrected chi connectivity index (χ3v) is 4.85. The standard InChI is InChI=1S/C21H22ClN3O3/c1-27-20-7-4-16(22)12-19(20)25-11-9-17(13-25)24-21(26)14-28-18-5-2-15(3-6-18)8-10-23/h2-7,12,17H,8-9,11,13-14H2,1H3,(H,24,26). The number of halogens is 1. The number of nitrogens with one attached hydrogen (secondary N) is 1. The van der Waals surface area contributed by atoms with Crippen LogP contribution in [0.2, 0.25) is 5.02 Å². The summed E-state index contributed by atoms with van der Waals surface area (Å²) in [7, 11) is 1.63. The second-order valence-corrected chi connectivity index (χ2v) is 7.02. The second kappa shape index (κ2) is 9.34. The number of amides is 1. The molecule has 0 spiro atoms. The van der Waals surface area contributed by atoms with Crippen LogP contribution in [-0.4, -0.2) is 38.8 Å². The van der Waals surface area contributed by atoms with Crippen molar-refractivity contribution in [1.82, 2.24) is 5.32 Å². The summed E-state index contributed by atoms with van der Waals surface area (Å²) in [5, 5.41) is 12.3. The predicted molar refractivity (Wildman–Crippen MR) is 108 cm³/mol. The smallest absolute Gasteiger partial charge is 0.258 e. The monoisotopic (exact) mass is 399 g/mol. The Hall–Kier alpha value is -2.91. The number of methoxy groups -OCH3 is 1. The zero-order chi connectivity index (χ0) is 19.9. The van der Waals surface area contributed by atoms with Crippen molar-refractivity contribution < 1.29 is 14.3 Å². The molecule has 7 heteroatoms. The number of nitrogens with zero attached hydrogens (tertiary/aromatic N) is 2. The number of rotatable bonds is 7. The molecule has 1 atom stereocenters. The number of ether oxygens (including phenoxy) is 2. The van der Waals surface area contributed by atoms with Crippen molar-refractivity contribution in [2.45, 2.75) is 18.9 Å². The van der Waals surface area contributed by atoms with Gasteiger partial charge in [0.1, 0.15) is 11.5 Å². The molecule has 0 radical (unpaired) electrons. The van der Waals surface area contributed by atoms with E-state index in [1.807, 2.05) is 24.3 Å². The van der Waals surface area contributed by atoms with Crippen LogP contribution < -0.4 is 19.7 Å². The van der Waals surface area contributed by atoms with Crippen LogP contribution in [0.15, 0.2) is 42.5 Å². The molecule has 2 aromatic rings. The lowest BCUT2D eigenvalue weighted by Gasteiger charge is -2.21. The highest BCUT2D eigenvalue weighted by atomic mass is 35.5. The first kappa shape index (κ1) is 19.8. The van der Waals surface area contributed by atoms with Gasteiger partial charge in [-0.15, -0.1) is 0 Å². The molecule has 1 heterocycles. The van der Waals surface area contributed by atoms with E-state index in [0.29, 0.717) is 23.7 Å². The van der Waals surface area contributed by atoms with Gasteiger partial charge >= 0.3 is 0 Å². The number of hydrogen-bond acceptors (Lipinski definition) is 5. The second-order valence-electron chi connectivity index (χ2n) is 6.58. The molecule has 1 unspecified atom stereocenters. The highest BCUT2D eigenvalue weighted by molar-refractivity contribution is 6.30. The topological polar surface area (TPSA) is 74.6 Å². The van der Waals surface area contributed by atoms with Crippen molar-refractivity contribution in [2.24, 2.45) is 0 Å². The normalized spacial score (nSPS) is 15.8. The summed E-state index contributed by atoms with van der Waals surface area (Å²) in [6.45, 7) is 1.45. The molecule has 1 aliphatic rings. The van der Waals surface area contributed by atoms with Gasteiger partial charge in [0.05, 0.1) is 25.3 Å². The average molecular weight is 400 g/mol. The van der Waals surface area contributed by atoms with Gasteiger partial charge in [-0.2, -0.15) is 5.26 Å². The molecule has 0 aliphatic carbocycles. The maximum Gasteiger partial charge on any atom is 0.258 e. The largest absolute Gasteiger partial charge is 0.495 e. The maximum absolute atomic E-state index is 12.2. The Kier molecular flexibility index (Phi) is 6.62. The minimum Gasteiger partial charge on any atom is -0.495 e.